The van der Waals surface area contributed by atoms with E-state index in [1.54, 1.807) is 19.2 Å². The van der Waals surface area contributed by atoms with Crippen molar-refractivity contribution in [2.75, 3.05) is 20.3 Å². The Balaban J connectivity index is 1.59. The SMILES string of the molecule is COc1cccc(CNCCOc2cc(F)cc(-c3ccc(F)c(CCC(=O)O)c3)c2)c1. The summed E-state index contributed by atoms with van der Waals surface area (Å²) >= 11 is 0. The van der Waals surface area contributed by atoms with E-state index in [1.165, 1.54) is 24.3 Å². The molecule has 3 aromatic carbocycles. The molecule has 0 unspecified atom stereocenters. The van der Waals surface area contributed by atoms with Gasteiger partial charge in [0.25, 0.3) is 0 Å². The van der Waals surface area contributed by atoms with Gasteiger partial charge in [0.1, 0.15) is 29.7 Å². The van der Waals surface area contributed by atoms with Crippen molar-refractivity contribution in [2.45, 2.75) is 19.4 Å². The van der Waals surface area contributed by atoms with Gasteiger partial charge in [-0.3, -0.25) is 4.79 Å². The number of hydrogen-bond acceptors (Lipinski definition) is 4. The lowest BCUT2D eigenvalue weighted by atomic mass is 10.00. The first-order valence-electron chi connectivity index (χ1n) is 10.2. The van der Waals surface area contributed by atoms with Crippen LogP contribution in [-0.4, -0.2) is 31.3 Å². The van der Waals surface area contributed by atoms with Crippen LogP contribution in [0.2, 0.25) is 0 Å². The molecule has 0 aliphatic carbocycles. The van der Waals surface area contributed by atoms with E-state index in [0.29, 0.717) is 36.6 Å². The number of carboxylic acids is 1. The van der Waals surface area contributed by atoms with Crippen molar-refractivity contribution >= 4 is 5.97 Å². The molecular weight excluding hydrogens is 416 g/mol. The van der Waals surface area contributed by atoms with E-state index in [9.17, 15) is 13.6 Å². The first-order chi connectivity index (χ1) is 15.4. The second-order valence-corrected chi connectivity index (χ2v) is 7.25. The number of rotatable bonds is 11. The maximum Gasteiger partial charge on any atom is 0.303 e. The largest absolute Gasteiger partial charge is 0.497 e. The molecular formula is C25H25F2NO4. The fourth-order valence-corrected chi connectivity index (χ4v) is 3.26. The number of nitrogens with one attached hydrogen (secondary N) is 1. The van der Waals surface area contributed by atoms with Gasteiger partial charge in [0.2, 0.25) is 0 Å². The van der Waals surface area contributed by atoms with Crippen molar-refractivity contribution in [3.63, 3.8) is 0 Å². The van der Waals surface area contributed by atoms with Crippen LogP contribution in [-0.2, 0) is 17.8 Å². The summed E-state index contributed by atoms with van der Waals surface area (Å²) in [6, 6.07) is 16.4. The quantitative estimate of drug-likeness (QED) is 0.418. The van der Waals surface area contributed by atoms with E-state index in [0.717, 1.165) is 11.3 Å². The van der Waals surface area contributed by atoms with Gasteiger partial charge in [-0.25, -0.2) is 8.78 Å². The molecule has 32 heavy (non-hydrogen) atoms. The Morgan fingerprint density at radius 2 is 1.84 bits per heavy atom. The fraction of sp³-hybridized carbons (Fsp3) is 0.240. The Kier molecular flexibility index (Phi) is 8.16. The second kappa shape index (κ2) is 11.2. The fourth-order valence-electron chi connectivity index (χ4n) is 3.26. The molecule has 0 atom stereocenters. The normalized spacial score (nSPS) is 10.7. The summed E-state index contributed by atoms with van der Waals surface area (Å²) in [4.78, 5) is 10.8. The zero-order chi connectivity index (χ0) is 22.9. The summed E-state index contributed by atoms with van der Waals surface area (Å²) < 4.78 is 39.0. The van der Waals surface area contributed by atoms with E-state index < -0.39 is 17.6 Å². The summed E-state index contributed by atoms with van der Waals surface area (Å²) in [6.45, 7) is 1.53. The highest BCUT2D eigenvalue weighted by Crippen LogP contribution is 2.27. The maximum atomic E-state index is 14.2. The molecule has 3 rings (SSSR count). The number of benzene rings is 3. The highest BCUT2D eigenvalue weighted by molar-refractivity contribution is 5.68. The predicted molar refractivity (Wildman–Crippen MR) is 118 cm³/mol. The van der Waals surface area contributed by atoms with Crippen LogP contribution in [0.4, 0.5) is 8.78 Å². The molecule has 0 bridgehead atoms. The number of aliphatic carboxylic acids is 1. The van der Waals surface area contributed by atoms with E-state index in [2.05, 4.69) is 5.32 Å². The van der Waals surface area contributed by atoms with Crippen LogP contribution in [0, 0.1) is 11.6 Å². The molecule has 0 amide bonds. The van der Waals surface area contributed by atoms with Gasteiger partial charge in [-0.05, 0) is 65.1 Å². The lowest BCUT2D eigenvalue weighted by molar-refractivity contribution is -0.136. The van der Waals surface area contributed by atoms with E-state index in [4.69, 9.17) is 14.6 Å². The number of halogens is 2. The van der Waals surface area contributed by atoms with Gasteiger partial charge in [-0.2, -0.15) is 0 Å². The van der Waals surface area contributed by atoms with Crippen LogP contribution < -0.4 is 14.8 Å². The second-order valence-electron chi connectivity index (χ2n) is 7.25. The minimum atomic E-state index is -1.00. The molecule has 0 heterocycles. The summed E-state index contributed by atoms with van der Waals surface area (Å²) in [5.74, 6) is -0.807. The van der Waals surface area contributed by atoms with Gasteiger partial charge in [0.15, 0.2) is 0 Å². The lowest BCUT2D eigenvalue weighted by Gasteiger charge is -2.11. The van der Waals surface area contributed by atoms with Crippen LogP contribution in [0.5, 0.6) is 11.5 Å². The van der Waals surface area contributed by atoms with Crippen LogP contribution in [0.15, 0.2) is 60.7 Å². The Morgan fingerprint density at radius 3 is 2.62 bits per heavy atom. The number of aryl methyl sites for hydroxylation is 1. The molecule has 168 valence electrons. The van der Waals surface area contributed by atoms with Crippen molar-refractivity contribution in [1.29, 1.82) is 0 Å². The number of ether oxygens (including phenoxy) is 2. The molecule has 0 spiro atoms. The third-order valence-electron chi connectivity index (χ3n) is 4.87. The molecule has 7 heteroatoms. The first kappa shape index (κ1) is 23.2. The molecule has 2 N–H and O–H groups in total. The lowest BCUT2D eigenvalue weighted by Crippen LogP contribution is -2.20. The van der Waals surface area contributed by atoms with E-state index in [-0.39, 0.29) is 18.4 Å². The van der Waals surface area contributed by atoms with Crippen molar-refractivity contribution in [2.24, 2.45) is 0 Å². The van der Waals surface area contributed by atoms with Crippen LogP contribution in [0.25, 0.3) is 11.1 Å². The molecule has 0 aliphatic rings. The molecule has 3 aromatic rings. The Morgan fingerprint density at radius 1 is 1.00 bits per heavy atom. The monoisotopic (exact) mass is 441 g/mol. The topological polar surface area (TPSA) is 67.8 Å². The number of carboxylic acid groups (broad SMARTS) is 1. The number of hydrogen-bond donors (Lipinski definition) is 2. The van der Waals surface area contributed by atoms with Gasteiger partial charge in [-0.1, -0.05) is 18.2 Å². The summed E-state index contributed by atoms with van der Waals surface area (Å²) in [5, 5.41) is 12.1. The predicted octanol–water partition coefficient (Wildman–Crippen LogP) is 4.83. The van der Waals surface area contributed by atoms with Crippen molar-refractivity contribution < 1.29 is 28.2 Å². The van der Waals surface area contributed by atoms with Crippen molar-refractivity contribution in [3.05, 3.63) is 83.4 Å². The third-order valence-corrected chi connectivity index (χ3v) is 4.87. The number of carbonyl (C=O) groups is 1. The maximum absolute atomic E-state index is 14.2. The average Bonchev–Trinajstić information content (AvgIpc) is 2.78. The summed E-state index contributed by atoms with van der Waals surface area (Å²) in [5.41, 5.74) is 2.47. The summed E-state index contributed by atoms with van der Waals surface area (Å²) in [6.07, 6.45) is -0.118. The summed E-state index contributed by atoms with van der Waals surface area (Å²) in [7, 11) is 1.62. The van der Waals surface area contributed by atoms with Crippen LogP contribution in [0.3, 0.4) is 0 Å². The third kappa shape index (κ3) is 6.78. The van der Waals surface area contributed by atoms with Crippen molar-refractivity contribution in [3.8, 4) is 22.6 Å². The van der Waals surface area contributed by atoms with Crippen LogP contribution in [0.1, 0.15) is 17.5 Å². The van der Waals surface area contributed by atoms with Crippen molar-refractivity contribution in [1.82, 2.24) is 5.32 Å². The zero-order valence-corrected chi connectivity index (χ0v) is 17.7. The Hall–Kier alpha value is -3.45. The highest BCUT2D eigenvalue weighted by atomic mass is 19.1. The molecule has 0 aromatic heterocycles. The average molecular weight is 441 g/mol. The molecule has 0 fully saturated rings. The highest BCUT2D eigenvalue weighted by Gasteiger charge is 2.10. The minimum absolute atomic E-state index is 0.0621. The van der Waals surface area contributed by atoms with E-state index >= 15 is 0 Å². The minimum Gasteiger partial charge on any atom is -0.497 e. The molecule has 0 radical (unpaired) electrons. The molecule has 0 saturated heterocycles. The number of methoxy groups -OCH3 is 1. The van der Waals surface area contributed by atoms with E-state index in [1.807, 2.05) is 24.3 Å². The molecule has 0 saturated carbocycles. The van der Waals surface area contributed by atoms with Gasteiger partial charge in [-0.15, -0.1) is 0 Å². The molecule has 5 nitrogen and oxygen atoms in total. The Bertz CT molecular complexity index is 1070. The van der Waals surface area contributed by atoms with Crippen LogP contribution >= 0.6 is 0 Å². The zero-order valence-electron chi connectivity index (χ0n) is 17.7. The van der Waals surface area contributed by atoms with Gasteiger partial charge < -0.3 is 19.9 Å². The standard InChI is InChI=1S/C25H25F2NO4/c1-31-22-4-2-3-17(11-22)16-28-9-10-32-23-14-20(13-21(26)15-23)18-5-7-24(27)19(12-18)6-8-25(29)30/h2-5,7,11-15,28H,6,8-10,16H2,1H3,(H,29,30). The van der Waals surface area contributed by atoms with Gasteiger partial charge in [0, 0.05) is 25.6 Å². The molecule has 0 aliphatic heterocycles. The smallest absolute Gasteiger partial charge is 0.303 e. The van der Waals surface area contributed by atoms with Gasteiger partial charge >= 0.3 is 5.97 Å². The first-order valence-corrected chi connectivity index (χ1v) is 10.2. The van der Waals surface area contributed by atoms with Gasteiger partial charge in [0.05, 0.1) is 7.11 Å². The Labute approximate surface area is 185 Å².